The average Bonchev–Trinajstić information content (AvgIpc) is 2.61. The van der Waals surface area contributed by atoms with Crippen LogP contribution in [0.5, 0.6) is 0 Å². The molecule has 1 unspecified atom stereocenters. The molecule has 2 aromatic carbocycles. The quantitative estimate of drug-likeness (QED) is 0.734. The Morgan fingerprint density at radius 1 is 1.15 bits per heavy atom. The third-order valence-electron chi connectivity index (χ3n) is 3.99. The largest absolute Gasteiger partial charge is 0.340 e. The van der Waals surface area contributed by atoms with Crippen LogP contribution >= 0.6 is 23.4 Å². The number of hydrogen-bond donors (Lipinski definition) is 2. The molecule has 0 spiro atoms. The third kappa shape index (κ3) is 5.51. The Hall–Kier alpha value is -1.98. The molecule has 0 radical (unpaired) electrons. The number of halogens is 1. The van der Waals surface area contributed by atoms with Crippen molar-refractivity contribution >= 4 is 40.9 Å². The van der Waals surface area contributed by atoms with Crippen molar-refractivity contribution in [1.29, 1.82) is 0 Å². The molecule has 0 aromatic heterocycles. The van der Waals surface area contributed by atoms with Crippen LogP contribution < -0.4 is 10.6 Å². The summed E-state index contributed by atoms with van der Waals surface area (Å²) in [5.41, 5.74) is 3.23. The van der Waals surface area contributed by atoms with E-state index in [0.717, 1.165) is 22.6 Å². The summed E-state index contributed by atoms with van der Waals surface area (Å²) in [5.74, 6) is 0.178. The summed E-state index contributed by atoms with van der Waals surface area (Å²) in [6.07, 6.45) is 2.50. The maximum atomic E-state index is 12.7. The van der Waals surface area contributed by atoms with Crippen molar-refractivity contribution in [3.8, 4) is 0 Å². The molecular formula is C20H23ClN2O2S. The molecule has 0 saturated heterocycles. The molecule has 1 atom stereocenters. The van der Waals surface area contributed by atoms with Crippen LogP contribution in [0, 0.1) is 13.8 Å². The van der Waals surface area contributed by atoms with Crippen LogP contribution in [0.3, 0.4) is 0 Å². The van der Waals surface area contributed by atoms with Crippen molar-refractivity contribution < 1.29 is 9.59 Å². The Kier molecular flexibility index (Phi) is 7.54. The highest BCUT2D eigenvalue weighted by Gasteiger charge is 2.22. The predicted molar refractivity (Wildman–Crippen MR) is 110 cm³/mol. The number of amides is 2. The highest BCUT2D eigenvalue weighted by molar-refractivity contribution is 7.98. The maximum absolute atomic E-state index is 12.7. The van der Waals surface area contributed by atoms with Crippen LogP contribution in [0.1, 0.15) is 27.9 Å². The first-order valence-corrected chi connectivity index (χ1v) is 10.1. The lowest BCUT2D eigenvalue weighted by Crippen LogP contribution is -2.44. The second kappa shape index (κ2) is 9.64. The molecule has 0 saturated carbocycles. The monoisotopic (exact) mass is 390 g/mol. The van der Waals surface area contributed by atoms with Gasteiger partial charge < -0.3 is 10.6 Å². The van der Waals surface area contributed by atoms with E-state index in [1.165, 1.54) is 0 Å². The molecule has 2 aromatic rings. The van der Waals surface area contributed by atoms with Gasteiger partial charge in [-0.15, -0.1) is 0 Å². The zero-order chi connectivity index (χ0) is 19.1. The zero-order valence-corrected chi connectivity index (χ0v) is 16.7. The van der Waals surface area contributed by atoms with Gasteiger partial charge in [-0.3, -0.25) is 9.59 Å². The number of thioether (sulfide) groups is 1. The zero-order valence-electron chi connectivity index (χ0n) is 15.1. The summed E-state index contributed by atoms with van der Waals surface area (Å²) < 4.78 is 0. The van der Waals surface area contributed by atoms with E-state index in [2.05, 4.69) is 10.6 Å². The van der Waals surface area contributed by atoms with Crippen molar-refractivity contribution in [3.05, 3.63) is 64.2 Å². The van der Waals surface area contributed by atoms with Crippen molar-refractivity contribution in [3.63, 3.8) is 0 Å². The van der Waals surface area contributed by atoms with E-state index < -0.39 is 6.04 Å². The van der Waals surface area contributed by atoms with E-state index in [-0.39, 0.29) is 11.8 Å². The summed E-state index contributed by atoms with van der Waals surface area (Å²) in [7, 11) is 0. The normalized spacial score (nSPS) is 11.7. The Balaban J connectivity index is 2.14. The van der Waals surface area contributed by atoms with Gasteiger partial charge in [0.2, 0.25) is 5.91 Å². The van der Waals surface area contributed by atoms with Gasteiger partial charge in [0.25, 0.3) is 5.91 Å². The van der Waals surface area contributed by atoms with E-state index in [9.17, 15) is 9.59 Å². The third-order valence-corrected chi connectivity index (χ3v) is 4.96. The first kappa shape index (κ1) is 20.3. The topological polar surface area (TPSA) is 58.2 Å². The Labute approximate surface area is 163 Å². The molecule has 138 valence electrons. The molecule has 2 N–H and O–H groups in total. The number of benzene rings is 2. The van der Waals surface area contributed by atoms with Gasteiger partial charge in [-0.05, 0) is 56.0 Å². The summed E-state index contributed by atoms with van der Waals surface area (Å²) >= 11 is 7.71. The first-order chi connectivity index (χ1) is 12.4. The number of nitrogens with one attached hydrogen (secondary N) is 2. The fraction of sp³-hybridized carbons (Fsp3) is 0.300. The fourth-order valence-electron chi connectivity index (χ4n) is 2.56. The summed E-state index contributed by atoms with van der Waals surface area (Å²) in [6.45, 7) is 3.95. The van der Waals surface area contributed by atoms with Crippen LogP contribution in [0.15, 0.2) is 42.5 Å². The smallest absolute Gasteiger partial charge is 0.253 e. The highest BCUT2D eigenvalue weighted by atomic mass is 35.5. The number of anilines is 1. The lowest BCUT2D eigenvalue weighted by Gasteiger charge is -2.19. The second-order valence-corrected chi connectivity index (χ2v) is 7.49. The molecule has 4 nitrogen and oxygen atoms in total. The van der Waals surface area contributed by atoms with Crippen LogP contribution in [0.4, 0.5) is 5.69 Å². The number of rotatable bonds is 7. The summed E-state index contributed by atoms with van der Waals surface area (Å²) in [5, 5.41) is 6.10. The number of carbonyl (C=O) groups excluding carboxylic acids is 2. The van der Waals surface area contributed by atoms with Gasteiger partial charge in [-0.2, -0.15) is 11.8 Å². The minimum atomic E-state index is -0.632. The number of hydrogen-bond acceptors (Lipinski definition) is 3. The van der Waals surface area contributed by atoms with Gasteiger partial charge in [0.1, 0.15) is 6.04 Å². The van der Waals surface area contributed by atoms with Gasteiger partial charge in [0, 0.05) is 5.69 Å². The van der Waals surface area contributed by atoms with Crippen LogP contribution in [-0.4, -0.2) is 29.9 Å². The molecule has 0 aliphatic rings. The van der Waals surface area contributed by atoms with Crippen LogP contribution in [0.25, 0.3) is 0 Å². The highest BCUT2D eigenvalue weighted by Crippen LogP contribution is 2.18. The van der Waals surface area contributed by atoms with Gasteiger partial charge >= 0.3 is 0 Å². The second-order valence-electron chi connectivity index (χ2n) is 6.09. The van der Waals surface area contributed by atoms with E-state index in [4.69, 9.17) is 11.6 Å². The van der Waals surface area contributed by atoms with E-state index in [0.29, 0.717) is 17.0 Å². The standard InChI is InChI=1S/C20H23ClN2O2S/c1-13-8-9-17(14(2)12-13)22-20(25)18(10-11-26-3)23-19(24)15-6-4-5-7-16(15)21/h4-9,12,18H,10-11H2,1-3H3,(H,22,25)(H,23,24). The molecule has 0 fully saturated rings. The Morgan fingerprint density at radius 3 is 2.54 bits per heavy atom. The number of carbonyl (C=O) groups is 2. The van der Waals surface area contributed by atoms with Crippen molar-refractivity contribution in [2.75, 3.05) is 17.3 Å². The predicted octanol–water partition coefficient (Wildman–Crippen LogP) is 4.45. The Morgan fingerprint density at radius 2 is 1.88 bits per heavy atom. The molecule has 2 rings (SSSR count). The first-order valence-electron chi connectivity index (χ1n) is 8.35. The molecule has 0 bridgehead atoms. The molecule has 0 aliphatic heterocycles. The minimum Gasteiger partial charge on any atom is -0.340 e. The van der Waals surface area contributed by atoms with Crippen LogP contribution in [-0.2, 0) is 4.79 Å². The molecular weight excluding hydrogens is 368 g/mol. The maximum Gasteiger partial charge on any atom is 0.253 e. The molecule has 2 amide bonds. The van der Waals surface area contributed by atoms with Crippen LogP contribution in [0.2, 0.25) is 5.02 Å². The fourth-order valence-corrected chi connectivity index (χ4v) is 3.25. The van der Waals surface area contributed by atoms with Crippen molar-refractivity contribution in [1.82, 2.24) is 5.32 Å². The van der Waals surface area contributed by atoms with Crippen molar-refractivity contribution in [2.24, 2.45) is 0 Å². The average molecular weight is 391 g/mol. The van der Waals surface area contributed by atoms with E-state index >= 15 is 0 Å². The summed E-state index contributed by atoms with van der Waals surface area (Å²) in [6, 6.07) is 12.0. The number of aryl methyl sites for hydroxylation is 2. The lowest BCUT2D eigenvalue weighted by atomic mass is 10.1. The molecule has 26 heavy (non-hydrogen) atoms. The van der Waals surface area contributed by atoms with Crippen molar-refractivity contribution in [2.45, 2.75) is 26.3 Å². The van der Waals surface area contributed by atoms with Gasteiger partial charge in [-0.25, -0.2) is 0 Å². The van der Waals surface area contributed by atoms with Gasteiger partial charge in [-0.1, -0.05) is 41.4 Å². The molecule has 0 aliphatic carbocycles. The van der Waals surface area contributed by atoms with Gasteiger partial charge in [0.15, 0.2) is 0 Å². The minimum absolute atomic E-state index is 0.230. The lowest BCUT2D eigenvalue weighted by molar-refractivity contribution is -0.118. The van der Waals surface area contributed by atoms with E-state index in [1.54, 1.807) is 36.0 Å². The van der Waals surface area contributed by atoms with E-state index in [1.807, 2.05) is 38.3 Å². The summed E-state index contributed by atoms with van der Waals surface area (Å²) in [4.78, 5) is 25.3. The van der Waals surface area contributed by atoms with Gasteiger partial charge in [0.05, 0.1) is 10.6 Å². The molecule has 6 heteroatoms. The Bertz CT molecular complexity index is 795. The SMILES string of the molecule is CSCCC(NC(=O)c1ccccc1Cl)C(=O)Nc1ccc(C)cc1C. The molecule has 0 heterocycles.